The molecule has 0 aromatic carbocycles. The van der Waals surface area contributed by atoms with Gasteiger partial charge in [0.25, 0.3) is 0 Å². The van der Waals surface area contributed by atoms with Gasteiger partial charge in [-0.3, -0.25) is 4.79 Å². The molecule has 1 amide bonds. The molecule has 0 radical (unpaired) electrons. The van der Waals surface area contributed by atoms with Crippen LogP contribution in [0.1, 0.15) is 39.5 Å². The lowest BCUT2D eigenvalue weighted by Crippen LogP contribution is -2.51. The molecule has 1 aliphatic carbocycles. The van der Waals surface area contributed by atoms with Gasteiger partial charge < -0.3 is 15.7 Å². The molecule has 2 rings (SSSR count). The SMILES string of the molecule is CC(C)C1SCC(C(=O)O)N1C(=O)C1CCCCC1CN. The Morgan fingerprint density at radius 2 is 2.00 bits per heavy atom. The van der Waals surface area contributed by atoms with Crippen molar-refractivity contribution in [1.82, 2.24) is 4.90 Å². The summed E-state index contributed by atoms with van der Waals surface area (Å²) in [5, 5.41) is 9.39. The van der Waals surface area contributed by atoms with Gasteiger partial charge in [0.15, 0.2) is 0 Å². The quantitative estimate of drug-likeness (QED) is 0.826. The van der Waals surface area contributed by atoms with E-state index in [0.29, 0.717) is 12.3 Å². The maximum Gasteiger partial charge on any atom is 0.327 e. The van der Waals surface area contributed by atoms with Crippen LogP contribution in [0.3, 0.4) is 0 Å². The van der Waals surface area contributed by atoms with Crippen LogP contribution in [0.4, 0.5) is 0 Å². The van der Waals surface area contributed by atoms with E-state index in [4.69, 9.17) is 5.73 Å². The number of hydrogen-bond acceptors (Lipinski definition) is 4. The summed E-state index contributed by atoms with van der Waals surface area (Å²) < 4.78 is 0. The molecule has 0 spiro atoms. The Hall–Kier alpha value is -0.750. The van der Waals surface area contributed by atoms with E-state index >= 15 is 0 Å². The number of hydrogen-bond donors (Lipinski definition) is 2. The second kappa shape index (κ2) is 7.01. The van der Waals surface area contributed by atoms with E-state index in [1.807, 2.05) is 13.8 Å². The van der Waals surface area contributed by atoms with Crippen LogP contribution >= 0.6 is 11.8 Å². The third kappa shape index (κ3) is 3.37. The first-order valence-electron chi connectivity index (χ1n) is 7.84. The fourth-order valence-corrected chi connectivity index (χ4v) is 5.00. The highest BCUT2D eigenvalue weighted by Crippen LogP contribution is 2.38. The molecule has 0 bridgehead atoms. The van der Waals surface area contributed by atoms with E-state index in [2.05, 4.69) is 0 Å². The zero-order valence-electron chi connectivity index (χ0n) is 12.8. The predicted molar refractivity (Wildman–Crippen MR) is 83.9 cm³/mol. The van der Waals surface area contributed by atoms with Crippen LogP contribution in [0.25, 0.3) is 0 Å². The number of carbonyl (C=O) groups is 2. The van der Waals surface area contributed by atoms with Crippen molar-refractivity contribution in [2.24, 2.45) is 23.5 Å². The Bertz CT molecular complexity index is 402. The van der Waals surface area contributed by atoms with Crippen LogP contribution in [-0.2, 0) is 9.59 Å². The van der Waals surface area contributed by atoms with Gasteiger partial charge in [0.2, 0.25) is 5.91 Å². The van der Waals surface area contributed by atoms with E-state index in [1.165, 1.54) is 0 Å². The molecule has 1 saturated carbocycles. The van der Waals surface area contributed by atoms with Crippen LogP contribution in [0, 0.1) is 17.8 Å². The molecule has 6 heteroatoms. The van der Waals surface area contributed by atoms with Crippen molar-refractivity contribution < 1.29 is 14.7 Å². The smallest absolute Gasteiger partial charge is 0.327 e. The van der Waals surface area contributed by atoms with Gasteiger partial charge in [-0.1, -0.05) is 26.7 Å². The number of thioether (sulfide) groups is 1. The van der Waals surface area contributed by atoms with Crippen molar-refractivity contribution in [2.75, 3.05) is 12.3 Å². The minimum Gasteiger partial charge on any atom is -0.480 e. The molecule has 4 unspecified atom stereocenters. The van der Waals surface area contributed by atoms with E-state index < -0.39 is 12.0 Å². The summed E-state index contributed by atoms with van der Waals surface area (Å²) in [5.74, 6) is -0.0163. The molecule has 1 saturated heterocycles. The average Bonchev–Trinajstić information content (AvgIpc) is 2.91. The fourth-order valence-electron chi connectivity index (χ4n) is 3.52. The lowest BCUT2D eigenvalue weighted by Gasteiger charge is -2.37. The van der Waals surface area contributed by atoms with Crippen LogP contribution in [0.2, 0.25) is 0 Å². The third-order valence-corrected chi connectivity index (χ3v) is 6.29. The van der Waals surface area contributed by atoms with Crippen LogP contribution < -0.4 is 5.73 Å². The van der Waals surface area contributed by atoms with Gasteiger partial charge in [0, 0.05) is 11.7 Å². The van der Waals surface area contributed by atoms with Crippen molar-refractivity contribution in [3.63, 3.8) is 0 Å². The third-order valence-electron chi connectivity index (χ3n) is 4.67. The molecular weight excluding hydrogens is 288 g/mol. The summed E-state index contributed by atoms with van der Waals surface area (Å²) in [6, 6.07) is -0.685. The zero-order chi connectivity index (χ0) is 15.6. The van der Waals surface area contributed by atoms with Crippen molar-refractivity contribution >= 4 is 23.6 Å². The maximum absolute atomic E-state index is 13.0. The van der Waals surface area contributed by atoms with Gasteiger partial charge in [0.1, 0.15) is 6.04 Å². The Morgan fingerprint density at radius 1 is 1.33 bits per heavy atom. The first kappa shape index (κ1) is 16.6. The number of nitrogens with two attached hydrogens (primary N) is 1. The lowest BCUT2D eigenvalue weighted by atomic mass is 9.78. The normalized spacial score (nSPS) is 33.4. The highest BCUT2D eigenvalue weighted by atomic mass is 32.2. The van der Waals surface area contributed by atoms with E-state index in [9.17, 15) is 14.7 Å². The molecule has 3 N–H and O–H groups in total. The van der Waals surface area contributed by atoms with E-state index in [1.54, 1.807) is 16.7 Å². The molecule has 0 aromatic rings. The van der Waals surface area contributed by atoms with Crippen LogP contribution in [0.15, 0.2) is 0 Å². The second-order valence-corrected chi connectivity index (χ2v) is 7.60. The molecule has 1 heterocycles. The predicted octanol–water partition coefficient (Wildman–Crippen LogP) is 1.76. The number of nitrogens with zero attached hydrogens (tertiary/aromatic N) is 1. The van der Waals surface area contributed by atoms with E-state index in [-0.39, 0.29) is 29.0 Å². The first-order valence-corrected chi connectivity index (χ1v) is 8.88. The standard InChI is InChI=1S/C15H26N2O3S/c1-9(2)14-17(12(8-21-14)15(19)20)13(18)11-6-4-3-5-10(11)7-16/h9-12,14H,3-8,16H2,1-2H3,(H,19,20). The number of carbonyl (C=O) groups excluding carboxylic acids is 1. The summed E-state index contributed by atoms with van der Waals surface area (Å²) in [4.78, 5) is 26.1. The van der Waals surface area contributed by atoms with Gasteiger partial charge >= 0.3 is 5.97 Å². The Morgan fingerprint density at radius 3 is 2.57 bits per heavy atom. The topological polar surface area (TPSA) is 83.6 Å². The first-order chi connectivity index (χ1) is 9.97. The number of aliphatic carboxylic acids is 1. The van der Waals surface area contributed by atoms with Crippen LogP contribution in [0.5, 0.6) is 0 Å². The minimum absolute atomic E-state index is 0.0150. The van der Waals surface area contributed by atoms with Crippen molar-refractivity contribution in [1.29, 1.82) is 0 Å². The average molecular weight is 314 g/mol. The highest BCUT2D eigenvalue weighted by Gasteiger charge is 2.46. The second-order valence-electron chi connectivity index (χ2n) is 6.45. The van der Waals surface area contributed by atoms with Gasteiger partial charge in [0.05, 0.1) is 5.37 Å². The number of carboxylic acids is 1. The maximum atomic E-state index is 13.0. The lowest BCUT2D eigenvalue weighted by molar-refractivity contribution is -0.153. The molecule has 2 fully saturated rings. The molecular formula is C15H26N2O3S. The molecule has 0 aromatic heterocycles. The molecule has 4 atom stereocenters. The molecule has 21 heavy (non-hydrogen) atoms. The van der Waals surface area contributed by atoms with Crippen molar-refractivity contribution in [2.45, 2.75) is 50.9 Å². The van der Waals surface area contributed by atoms with Crippen LogP contribution in [-0.4, -0.2) is 45.6 Å². The highest BCUT2D eigenvalue weighted by molar-refractivity contribution is 8.00. The molecule has 2 aliphatic rings. The van der Waals surface area contributed by atoms with E-state index in [0.717, 1.165) is 25.7 Å². The summed E-state index contributed by atoms with van der Waals surface area (Å²) in [6.07, 6.45) is 3.99. The molecule has 5 nitrogen and oxygen atoms in total. The fraction of sp³-hybridized carbons (Fsp3) is 0.867. The zero-order valence-corrected chi connectivity index (χ0v) is 13.6. The largest absolute Gasteiger partial charge is 0.480 e. The summed E-state index contributed by atoms with van der Waals surface area (Å²) in [5.41, 5.74) is 5.83. The number of amides is 1. The number of rotatable bonds is 4. The van der Waals surface area contributed by atoms with Gasteiger partial charge in [-0.05, 0) is 31.2 Å². The summed E-state index contributed by atoms with van der Waals surface area (Å²) in [7, 11) is 0. The molecule has 120 valence electrons. The van der Waals surface area contributed by atoms with Gasteiger partial charge in [-0.15, -0.1) is 11.8 Å². The Kier molecular flexibility index (Phi) is 5.54. The minimum atomic E-state index is -0.890. The van der Waals surface area contributed by atoms with Gasteiger partial charge in [-0.25, -0.2) is 4.79 Å². The van der Waals surface area contributed by atoms with Gasteiger partial charge in [-0.2, -0.15) is 0 Å². The number of carboxylic acid groups (broad SMARTS) is 1. The van der Waals surface area contributed by atoms with Crippen molar-refractivity contribution in [3.05, 3.63) is 0 Å². The monoisotopic (exact) mass is 314 g/mol. The summed E-state index contributed by atoms with van der Waals surface area (Å²) >= 11 is 1.59. The Balaban J connectivity index is 2.21. The summed E-state index contributed by atoms with van der Waals surface area (Å²) in [6.45, 7) is 4.61. The Labute approximate surface area is 130 Å². The van der Waals surface area contributed by atoms with Crippen molar-refractivity contribution in [3.8, 4) is 0 Å². The molecule has 1 aliphatic heterocycles.